The molecule has 0 bridgehead atoms. The number of nitrogens with zero attached hydrogens (tertiary/aromatic N) is 4. The maximum Gasteiger partial charge on any atom is 0.253 e. The van der Waals surface area contributed by atoms with Crippen molar-refractivity contribution in [2.45, 2.75) is 31.7 Å². The SMILES string of the molecule is Cl.O=C(NCC1CCCN(C(=O)c2ccc(-n3cnnc3)cc2)C1)C1CCCN1. The monoisotopic (exact) mass is 418 g/mol. The van der Waals surface area contributed by atoms with Crippen molar-refractivity contribution in [2.75, 3.05) is 26.2 Å². The van der Waals surface area contributed by atoms with Crippen LogP contribution in [0, 0.1) is 5.92 Å². The lowest BCUT2D eigenvalue weighted by molar-refractivity contribution is -0.123. The maximum absolute atomic E-state index is 12.9. The van der Waals surface area contributed by atoms with Crippen LogP contribution in [0.3, 0.4) is 0 Å². The highest BCUT2D eigenvalue weighted by atomic mass is 35.5. The number of hydrogen-bond donors (Lipinski definition) is 2. The Kier molecular flexibility index (Phi) is 7.22. The molecule has 0 aliphatic carbocycles. The van der Waals surface area contributed by atoms with Gasteiger partial charge >= 0.3 is 0 Å². The Bertz CT molecular complexity index is 805. The van der Waals surface area contributed by atoms with Gasteiger partial charge in [-0.15, -0.1) is 22.6 Å². The third kappa shape index (κ3) is 5.13. The Morgan fingerprint density at radius 3 is 2.55 bits per heavy atom. The Labute approximate surface area is 176 Å². The maximum atomic E-state index is 12.9. The van der Waals surface area contributed by atoms with Gasteiger partial charge < -0.3 is 15.5 Å². The zero-order valence-electron chi connectivity index (χ0n) is 16.3. The van der Waals surface area contributed by atoms with Gasteiger partial charge in [0, 0.05) is 30.9 Å². The molecule has 1 aromatic heterocycles. The van der Waals surface area contributed by atoms with Crippen molar-refractivity contribution in [1.82, 2.24) is 30.3 Å². The Morgan fingerprint density at radius 2 is 1.86 bits per heavy atom. The van der Waals surface area contributed by atoms with Crippen molar-refractivity contribution in [3.8, 4) is 5.69 Å². The molecule has 2 fully saturated rings. The van der Waals surface area contributed by atoms with Gasteiger partial charge in [-0.05, 0) is 62.4 Å². The molecule has 4 rings (SSSR count). The van der Waals surface area contributed by atoms with Gasteiger partial charge in [0.15, 0.2) is 0 Å². The molecule has 2 atom stereocenters. The van der Waals surface area contributed by atoms with E-state index in [-0.39, 0.29) is 30.3 Å². The Morgan fingerprint density at radius 1 is 1.10 bits per heavy atom. The summed E-state index contributed by atoms with van der Waals surface area (Å²) in [5.41, 5.74) is 1.60. The summed E-state index contributed by atoms with van der Waals surface area (Å²) in [6.07, 6.45) is 7.22. The van der Waals surface area contributed by atoms with Gasteiger partial charge in [0.2, 0.25) is 5.91 Å². The van der Waals surface area contributed by atoms with E-state index in [1.54, 1.807) is 17.2 Å². The summed E-state index contributed by atoms with van der Waals surface area (Å²) in [5, 5.41) is 13.9. The third-order valence-corrected chi connectivity index (χ3v) is 5.58. The van der Waals surface area contributed by atoms with Crippen LogP contribution in [-0.4, -0.2) is 63.7 Å². The van der Waals surface area contributed by atoms with Crippen LogP contribution < -0.4 is 10.6 Å². The standard InChI is InChI=1S/C20H26N6O2.ClH/c27-19(18-4-1-9-21-18)22-11-15-3-2-10-25(12-15)20(28)16-5-7-17(8-6-16)26-13-23-24-14-26;/h5-8,13-15,18,21H,1-4,9-12H2,(H,22,27);1H. The normalized spacial score (nSPS) is 21.4. The molecule has 8 nitrogen and oxygen atoms in total. The molecule has 2 saturated heterocycles. The van der Waals surface area contributed by atoms with Crippen LogP contribution in [-0.2, 0) is 4.79 Å². The lowest BCUT2D eigenvalue weighted by atomic mass is 9.97. The molecule has 9 heteroatoms. The largest absolute Gasteiger partial charge is 0.354 e. The lowest BCUT2D eigenvalue weighted by Crippen LogP contribution is -2.46. The molecule has 3 heterocycles. The number of rotatable bonds is 5. The van der Waals surface area contributed by atoms with Crippen LogP contribution in [0.4, 0.5) is 0 Å². The van der Waals surface area contributed by atoms with Crippen LogP contribution in [0.15, 0.2) is 36.9 Å². The van der Waals surface area contributed by atoms with Crippen molar-refractivity contribution in [3.63, 3.8) is 0 Å². The van der Waals surface area contributed by atoms with Gasteiger partial charge in [0.1, 0.15) is 12.7 Å². The van der Waals surface area contributed by atoms with Crippen molar-refractivity contribution in [3.05, 3.63) is 42.5 Å². The number of aromatic nitrogens is 3. The van der Waals surface area contributed by atoms with Crippen molar-refractivity contribution in [2.24, 2.45) is 5.92 Å². The molecule has 0 saturated carbocycles. The van der Waals surface area contributed by atoms with E-state index < -0.39 is 0 Å². The number of benzene rings is 1. The van der Waals surface area contributed by atoms with E-state index in [9.17, 15) is 9.59 Å². The first-order valence-electron chi connectivity index (χ1n) is 9.96. The Balaban J connectivity index is 0.00000240. The summed E-state index contributed by atoms with van der Waals surface area (Å²) < 4.78 is 1.80. The average Bonchev–Trinajstić information content (AvgIpc) is 3.46. The van der Waals surface area contributed by atoms with E-state index in [2.05, 4.69) is 20.8 Å². The second kappa shape index (κ2) is 9.84. The van der Waals surface area contributed by atoms with Crippen LogP contribution in [0.2, 0.25) is 0 Å². The first-order valence-corrected chi connectivity index (χ1v) is 9.96. The number of carbonyl (C=O) groups is 2. The number of hydrogen-bond acceptors (Lipinski definition) is 5. The second-order valence-electron chi connectivity index (χ2n) is 7.57. The molecule has 0 spiro atoms. The summed E-state index contributed by atoms with van der Waals surface area (Å²) in [5.74, 6) is 0.439. The second-order valence-corrected chi connectivity index (χ2v) is 7.57. The number of carbonyl (C=O) groups excluding carboxylic acids is 2. The molecule has 1 aromatic carbocycles. The van der Waals surface area contributed by atoms with E-state index in [0.717, 1.165) is 44.5 Å². The molecule has 2 unspecified atom stereocenters. The number of piperidine rings is 1. The first kappa shape index (κ1) is 21.3. The van der Waals surface area contributed by atoms with Gasteiger partial charge in [0.05, 0.1) is 6.04 Å². The third-order valence-electron chi connectivity index (χ3n) is 5.58. The number of amides is 2. The summed E-state index contributed by atoms with van der Waals surface area (Å²) in [7, 11) is 0. The molecule has 2 aliphatic heterocycles. The van der Waals surface area contributed by atoms with Crippen LogP contribution >= 0.6 is 12.4 Å². The highest BCUT2D eigenvalue weighted by molar-refractivity contribution is 5.94. The van der Waals surface area contributed by atoms with Crippen LogP contribution in [0.1, 0.15) is 36.0 Å². The van der Waals surface area contributed by atoms with E-state index in [1.807, 2.05) is 29.2 Å². The fourth-order valence-corrected chi connectivity index (χ4v) is 3.99. The van der Waals surface area contributed by atoms with Crippen LogP contribution in [0.25, 0.3) is 5.69 Å². The smallest absolute Gasteiger partial charge is 0.253 e. The highest BCUT2D eigenvalue weighted by Crippen LogP contribution is 2.19. The quantitative estimate of drug-likeness (QED) is 0.765. The molecule has 156 valence electrons. The predicted molar refractivity (Wildman–Crippen MR) is 111 cm³/mol. The minimum atomic E-state index is -0.0504. The number of halogens is 1. The van der Waals surface area contributed by atoms with Gasteiger partial charge in [0.25, 0.3) is 5.91 Å². The van der Waals surface area contributed by atoms with Gasteiger partial charge in [-0.3, -0.25) is 14.2 Å². The summed E-state index contributed by atoms with van der Waals surface area (Å²) in [6, 6.07) is 7.43. The van der Waals surface area contributed by atoms with E-state index in [4.69, 9.17) is 0 Å². The van der Waals surface area contributed by atoms with E-state index >= 15 is 0 Å². The Hall–Kier alpha value is -2.45. The summed E-state index contributed by atoms with van der Waals surface area (Å²) in [6.45, 7) is 3.00. The fourth-order valence-electron chi connectivity index (χ4n) is 3.99. The topological polar surface area (TPSA) is 92.2 Å². The predicted octanol–water partition coefficient (Wildman–Crippen LogP) is 1.41. The van der Waals surface area contributed by atoms with Gasteiger partial charge in [-0.1, -0.05) is 0 Å². The molecule has 0 radical (unpaired) electrons. The van der Waals surface area contributed by atoms with Crippen molar-refractivity contribution in [1.29, 1.82) is 0 Å². The molecule has 29 heavy (non-hydrogen) atoms. The number of likely N-dealkylation sites (tertiary alicyclic amines) is 1. The summed E-state index contributed by atoms with van der Waals surface area (Å²) in [4.78, 5) is 27.0. The molecule has 2 N–H and O–H groups in total. The number of nitrogens with one attached hydrogen (secondary N) is 2. The molecular formula is C20H27ClN6O2. The average molecular weight is 419 g/mol. The molecule has 2 amide bonds. The minimum absolute atomic E-state index is 0. The van der Waals surface area contributed by atoms with Crippen molar-refractivity contribution < 1.29 is 9.59 Å². The van der Waals surface area contributed by atoms with Crippen molar-refractivity contribution >= 4 is 24.2 Å². The van der Waals surface area contributed by atoms with Gasteiger partial charge in [-0.2, -0.15) is 0 Å². The zero-order valence-corrected chi connectivity index (χ0v) is 17.1. The van der Waals surface area contributed by atoms with Crippen LogP contribution in [0.5, 0.6) is 0 Å². The molecule has 2 aliphatic rings. The van der Waals surface area contributed by atoms with E-state index in [0.29, 0.717) is 24.6 Å². The molecule has 2 aromatic rings. The zero-order chi connectivity index (χ0) is 19.3. The molecular weight excluding hydrogens is 392 g/mol. The lowest BCUT2D eigenvalue weighted by Gasteiger charge is -2.33. The van der Waals surface area contributed by atoms with Gasteiger partial charge in [-0.25, -0.2) is 0 Å². The fraction of sp³-hybridized carbons (Fsp3) is 0.500. The highest BCUT2D eigenvalue weighted by Gasteiger charge is 2.26. The summed E-state index contributed by atoms with van der Waals surface area (Å²) >= 11 is 0. The van der Waals surface area contributed by atoms with E-state index in [1.165, 1.54) is 0 Å². The first-order chi connectivity index (χ1) is 13.7. The minimum Gasteiger partial charge on any atom is -0.354 e.